The fraction of sp³-hybridized carbons (Fsp3) is 0.259. The van der Waals surface area contributed by atoms with Crippen molar-refractivity contribution in [1.82, 2.24) is 10.2 Å². The van der Waals surface area contributed by atoms with Gasteiger partial charge in [0.2, 0.25) is 21.8 Å². The molecule has 0 aliphatic rings. The second-order valence-electron chi connectivity index (χ2n) is 8.76. The number of carbonyl (C=O) groups is 2. The Morgan fingerprint density at radius 2 is 1.53 bits per heavy atom. The molecule has 0 aliphatic heterocycles. The van der Waals surface area contributed by atoms with E-state index in [2.05, 4.69) is 5.32 Å². The van der Waals surface area contributed by atoms with Crippen molar-refractivity contribution >= 4 is 62.3 Å². The van der Waals surface area contributed by atoms with Gasteiger partial charge in [-0.15, -0.1) is 0 Å². The summed E-state index contributed by atoms with van der Waals surface area (Å²) in [6.07, 6.45) is 1.19. The molecule has 1 N–H and O–H groups in total. The average Bonchev–Trinajstić information content (AvgIpc) is 2.87. The molecule has 0 fully saturated rings. The van der Waals surface area contributed by atoms with E-state index in [0.717, 1.165) is 27.3 Å². The standard InChI is InChI=1S/C27H28Cl3N3O4S/c1-18-9-7-8-12-20(18)16-32(25(27(35)31-2)13-19-10-5-4-6-11-19)26(34)17-33(38(3,36)37)24-15-22(29)21(28)14-23(24)30/h4-12,14-15,25H,13,16-17H2,1-3H3,(H,31,35)/t25-/m1/s1. The fourth-order valence-corrected chi connectivity index (χ4v) is 5.54. The monoisotopic (exact) mass is 595 g/mol. The molecule has 3 aromatic rings. The number of halogens is 3. The molecule has 0 saturated heterocycles. The van der Waals surface area contributed by atoms with E-state index in [1.54, 1.807) is 0 Å². The molecule has 0 aliphatic carbocycles. The highest BCUT2D eigenvalue weighted by atomic mass is 35.5. The molecule has 2 amide bonds. The molecule has 0 bridgehead atoms. The summed E-state index contributed by atoms with van der Waals surface area (Å²) in [6.45, 7) is 1.39. The fourth-order valence-electron chi connectivity index (χ4n) is 3.99. The Morgan fingerprint density at radius 1 is 0.921 bits per heavy atom. The molecule has 0 radical (unpaired) electrons. The van der Waals surface area contributed by atoms with E-state index in [4.69, 9.17) is 34.8 Å². The van der Waals surface area contributed by atoms with E-state index in [1.165, 1.54) is 24.1 Å². The number of anilines is 1. The zero-order valence-electron chi connectivity index (χ0n) is 21.1. The van der Waals surface area contributed by atoms with Gasteiger partial charge < -0.3 is 10.2 Å². The van der Waals surface area contributed by atoms with Crippen molar-refractivity contribution < 1.29 is 18.0 Å². The summed E-state index contributed by atoms with van der Waals surface area (Å²) in [4.78, 5) is 28.5. The van der Waals surface area contributed by atoms with Gasteiger partial charge in [0.25, 0.3) is 0 Å². The number of carbonyl (C=O) groups excluding carboxylic acids is 2. The van der Waals surface area contributed by atoms with Crippen LogP contribution in [0.4, 0.5) is 5.69 Å². The predicted octanol–water partition coefficient (Wildman–Crippen LogP) is 5.11. The van der Waals surface area contributed by atoms with Crippen molar-refractivity contribution in [3.63, 3.8) is 0 Å². The lowest BCUT2D eigenvalue weighted by atomic mass is 10.0. The lowest BCUT2D eigenvalue weighted by Gasteiger charge is -2.33. The number of hydrogen-bond donors (Lipinski definition) is 1. The number of nitrogens with zero attached hydrogens (tertiary/aromatic N) is 2. The van der Waals surface area contributed by atoms with Crippen molar-refractivity contribution in [1.29, 1.82) is 0 Å². The van der Waals surface area contributed by atoms with Gasteiger partial charge >= 0.3 is 0 Å². The first kappa shape index (κ1) is 29.8. The maximum absolute atomic E-state index is 13.9. The van der Waals surface area contributed by atoms with Crippen molar-refractivity contribution in [3.8, 4) is 0 Å². The largest absolute Gasteiger partial charge is 0.357 e. The van der Waals surface area contributed by atoms with Gasteiger partial charge in [-0.25, -0.2) is 8.42 Å². The first-order valence-electron chi connectivity index (χ1n) is 11.6. The second kappa shape index (κ2) is 12.8. The molecule has 0 saturated carbocycles. The summed E-state index contributed by atoms with van der Waals surface area (Å²) in [5.74, 6) is -0.973. The van der Waals surface area contributed by atoms with E-state index < -0.39 is 28.5 Å². The number of likely N-dealkylation sites (N-methyl/N-ethyl adjacent to an activating group) is 1. The third-order valence-corrected chi connectivity index (χ3v) is 8.21. The number of benzene rings is 3. The third-order valence-electron chi connectivity index (χ3n) is 6.06. The number of sulfonamides is 1. The summed E-state index contributed by atoms with van der Waals surface area (Å²) in [5.41, 5.74) is 2.60. The van der Waals surface area contributed by atoms with Crippen LogP contribution >= 0.6 is 34.8 Å². The molecule has 3 aromatic carbocycles. The van der Waals surface area contributed by atoms with Gasteiger partial charge in [-0.05, 0) is 35.7 Å². The molecule has 0 aromatic heterocycles. The summed E-state index contributed by atoms with van der Waals surface area (Å²) in [6, 6.07) is 18.5. The first-order chi connectivity index (χ1) is 17.9. The Kier molecular flexibility index (Phi) is 10.1. The SMILES string of the molecule is CNC(=O)[C@@H](Cc1ccccc1)N(Cc1ccccc1C)C(=O)CN(c1cc(Cl)c(Cl)cc1Cl)S(C)(=O)=O. The van der Waals surface area contributed by atoms with Gasteiger partial charge in [0, 0.05) is 20.0 Å². The lowest BCUT2D eigenvalue weighted by molar-refractivity contribution is -0.139. The molecule has 0 heterocycles. The van der Waals surface area contributed by atoms with Crippen LogP contribution in [0.25, 0.3) is 0 Å². The number of amides is 2. The van der Waals surface area contributed by atoms with Crippen molar-refractivity contribution in [2.45, 2.75) is 25.9 Å². The smallest absolute Gasteiger partial charge is 0.244 e. The zero-order valence-corrected chi connectivity index (χ0v) is 24.2. The molecule has 0 unspecified atom stereocenters. The Hall–Kier alpha value is -2.78. The minimum absolute atomic E-state index is 0.00677. The normalized spacial score (nSPS) is 12.1. The van der Waals surface area contributed by atoms with E-state index in [1.807, 2.05) is 61.5 Å². The molecule has 0 spiro atoms. The van der Waals surface area contributed by atoms with Gasteiger partial charge in [0.15, 0.2) is 0 Å². The second-order valence-corrected chi connectivity index (χ2v) is 11.9. The summed E-state index contributed by atoms with van der Waals surface area (Å²) in [5, 5.41) is 2.87. The topological polar surface area (TPSA) is 86.8 Å². The summed E-state index contributed by atoms with van der Waals surface area (Å²) >= 11 is 18.5. The molecule has 38 heavy (non-hydrogen) atoms. The van der Waals surface area contributed by atoms with Gasteiger partial charge in [-0.2, -0.15) is 0 Å². The van der Waals surface area contributed by atoms with Crippen LogP contribution in [0.3, 0.4) is 0 Å². The van der Waals surface area contributed by atoms with Gasteiger partial charge in [0.1, 0.15) is 12.6 Å². The van der Waals surface area contributed by atoms with Crippen molar-refractivity contribution in [3.05, 3.63) is 98.5 Å². The molecule has 7 nitrogen and oxygen atoms in total. The first-order valence-corrected chi connectivity index (χ1v) is 14.6. The molecule has 1 atom stereocenters. The molecule has 202 valence electrons. The maximum atomic E-state index is 13.9. The number of hydrogen-bond acceptors (Lipinski definition) is 4. The average molecular weight is 597 g/mol. The van der Waals surface area contributed by atoms with E-state index >= 15 is 0 Å². The minimum atomic E-state index is -3.99. The zero-order chi connectivity index (χ0) is 28.0. The highest BCUT2D eigenvalue weighted by Gasteiger charge is 2.33. The van der Waals surface area contributed by atoms with Crippen LogP contribution in [0.15, 0.2) is 66.7 Å². The maximum Gasteiger partial charge on any atom is 0.244 e. The highest BCUT2D eigenvalue weighted by molar-refractivity contribution is 7.92. The van der Waals surface area contributed by atoms with E-state index in [9.17, 15) is 18.0 Å². The van der Waals surface area contributed by atoms with Crippen molar-refractivity contribution in [2.75, 3.05) is 24.2 Å². The third kappa shape index (κ3) is 7.41. The summed E-state index contributed by atoms with van der Waals surface area (Å²) in [7, 11) is -2.50. The van der Waals surface area contributed by atoms with Crippen LogP contribution in [0.5, 0.6) is 0 Å². The minimum Gasteiger partial charge on any atom is -0.357 e. The number of aryl methyl sites for hydroxylation is 1. The Bertz CT molecular complexity index is 1420. The van der Waals surface area contributed by atoms with Crippen LogP contribution < -0.4 is 9.62 Å². The van der Waals surface area contributed by atoms with E-state index in [-0.39, 0.29) is 39.6 Å². The Balaban J connectivity index is 2.08. The van der Waals surface area contributed by atoms with E-state index in [0.29, 0.717) is 0 Å². The predicted molar refractivity (Wildman–Crippen MR) is 153 cm³/mol. The number of rotatable bonds is 10. The molecular formula is C27H28Cl3N3O4S. The van der Waals surface area contributed by atoms with Crippen LogP contribution in [0.1, 0.15) is 16.7 Å². The lowest BCUT2D eigenvalue weighted by Crippen LogP contribution is -2.53. The van der Waals surface area contributed by atoms with Crippen LogP contribution in [-0.4, -0.2) is 51.0 Å². The van der Waals surface area contributed by atoms with Gasteiger partial charge in [-0.3, -0.25) is 13.9 Å². The quantitative estimate of drug-likeness (QED) is 0.330. The van der Waals surface area contributed by atoms with Crippen LogP contribution in [0, 0.1) is 6.92 Å². The van der Waals surface area contributed by atoms with Crippen LogP contribution in [0.2, 0.25) is 15.1 Å². The summed E-state index contributed by atoms with van der Waals surface area (Å²) < 4.78 is 26.6. The Labute approximate surface area is 238 Å². The Morgan fingerprint density at radius 3 is 2.13 bits per heavy atom. The van der Waals surface area contributed by atoms with Crippen LogP contribution in [-0.2, 0) is 32.6 Å². The van der Waals surface area contributed by atoms with Crippen molar-refractivity contribution in [2.24, 2.45) is 0 Å². The van der Waals surface area contributed by atoms with Gasteiger partial charge in [-0.1, -0.05) is 89.4 Å². The molecular weight excluding hydrogens is 569 g/mol. The number of nitrogens with one attached hydrogen (secondary N) is 1. The highest BCUT2D eigenvalue weighted by Crippen LogP contribution is 2.35. The van der Waals surface area contributed by atoms with Gasteiger partial charge in [0.05, 0.1) is 27.0 Å². The molecule has 3 rings (SSSR count). The molecule has 11 heteroatoms.